The van der Waals surface area contributed by atoms with Crippen LogP contribution in [0.3, 0.4) is 0 Å². The van der Waals surface area contributed by atoms with Crippen LogP contribution in [0.5, 0.6) is 5.75 Å². The minimum absolute atomic E-state index is 0.0855. The summed E-state index contributed by atoms with van der Waals surface area (Å²) in [7, 11) is 1.18. The lowest BCUT2D eigenvalue weighted by Gasteiger charge is -2.07. The van der Waals surface area contributed by atoms with Gasteiger partial charge in [0.1, 0.15) is 12.4 Å². The molecule has 0 aliphatic heterocycles. The first-order chi connectivity index (χ1) is 11.6. The molecule has 3 nitrogen and oxygen atoms in total. The third-order valence-corrected chi connectivity index (χ3v) is 4.70. The number of esters is 1. The van der Waals surface area contributed by atoms with Gasteiger partial charge < -0.3 is 9.47 Å². The van der Waals surface area contributed by atoms with E-state index < -0.39 is 12.4 Å². The molecule has 3 rings (SSSR count). The van der Waals surface area contributed by atoms with Crippen LogP contribution in [0.1, 0.15) is 27.2 Å². The Hall–Kier alpha value is -2.47. The highest BCUT2D eigenvalue weighted by molar-refractivity contribution is 7.19. The topological polar surface area (TPSA) is 35.5 Å². The van der Waals surface area contributed by atoms with Gasteiger partial charge in [0.2, 0.25) is 0 Å². The Kier molecular flexibility index (Phi) is 4.76. The molecule has 124 valence electrons. The quantitative estimate of drug-likeness (QED) is 0.594. The number of carbonyl (C=O) groups excluding carboxylic acids is 1. The van der Waals surface area contributed by atoms with Crippen molar-refractivity contribution in [2.45, 2.75) is 13.0 Å². The molecule has 0 N–H and O–H groups in total. The minimum Gasteiger partial charge on any atom is -0.489 e. The van der Waals surface area contributed by atoms with E-state index in [9.17, 15) is 13.6 Å². The number of fused-ring (bicyclic) bond motifs is 1. The van der Waals surface area contributed by atoms with Crippen LogP contribution in [0, 0.1) is 0 Å². The van der Waals surface area contributed by atoms with Crippen molar-refractivity contribution in [3.8, 4) is 5.75 Å². The standard InChI is InChI=1S/C18H14F2O3S/c1-22-18(21)15-13-9-12(23-10-11-5-3-2-4-6-11)7-8-14(13)24-16(15)17(19)20/h2-9,17H,10H2,1H3. The van der Waals surface area contributed by atoms with Crippen LogP contribution in [0.2, 0.25) is 0 Å². The van der Waals surface area contributed by atoms with Crippen molar-refractivity contribution >= 4 is 27.4 Å². The minimum atomic E-state index is -2.73. The van der Waals surface area contributed by atoms with Crippen LogP contribution in [-0.4, -0.2) is 13.1 Å². The van der Waals surface area contributed by atoms with Crippen molar-refractivity contribution in [3.63, 3.8) is 0 Å². The molecule has 0 fully saturated rings. The molecule has 0 unspecified atom stereocenters. The fourth-order valence-corrected chi connectivity index (χ4v) is 3.42. The molecule has 0 saturated carbocycles. The molecule has 0 radical (unpaired) electrons. The van der Waals surface area contributed by atoms with Gasteiger partial charge in [-0.3, -0.25) is 0 Å². The third kappa shape index (κ3) is 3.23. The highest BCUT2D eigenvalue weighted by Crippen LogP contribution is 2.39. The molecule has 0 spiro atoms. The average molecular weight is 348 g/mol. The van der Waals surface area contributed by atoms with E-state index in [1.54, 1.807) is 18.2 Å². The van der Waals surface area contributed by atoms with Gasteiger partial charge in [0.15, 0.2) is 0 Å². The fraction of sp³-hybridized carbons (Fsp3) is 0.167. The summed E-state index contributed by atoms with van der Waals surface area (Å²) >= 11 is 0.892. The van der Waals surface area contributed by atoms with E-state index in [1.165, 1.54) is 7.11 Å². The van der Waals surface area contributed by atoms with Crippen LogP contribution in [0.25, 0.3) is 10.1 Å². The van der Waals surface area contributed by atoms with Gasteiger partial charge in [0.25, 0.3) is 6.43 Å². The zero-order valence-corrected chi connectivity index (χ0v) is 13.6. The molecule has 0 aliphatic rings. The smallest absolute Gasteiger partial charge is 0.339 e. The van der Waals surface area contributed by atoms with E-state index in [4.69, 9.17) is 4.74 Å². The van der Waals surface area contributed by atoms with E-state index >= 15 is 0 Å². The Labute approximate surface area is 141 Å². The molecule has 0 atom stereocenters. The fourth-order valence-electron chi connectivity index (χ4n) is 2.39. The lowest BCUT2D eigenvalue weighted by atomic mass is 10.1. The Morgan fingerprint density at radius 2 is 1.92 bits per heavy atom. The second-order valence-electron chi connectivity index (χ2n) is 5.07. The SMILES string of the molecule is COC(=O)c1c(C(F)F)sc2ccc(OCc3ccccc3)cc12. The summed E-state index contributed by atoms with van der Waals surface area (Å²) < 4.78 is 37.4. The van der Waals surface area contributed by atoms with Gasteiger partial charge in [0.05, 0.1) is 17.6 Å². The summed E-state index contributed by atoms with van der Waals surface area (Å²) in [6.45, 7) is 0.353. The first kappa shape index (κ1) is 16.4. The van der Waals surface area contributed by atoms with Gasteiger partial charge in [-0.2, -0.15) is 0 Å². The molecule has 0 aliphatic carbocycles. The van der Waals surface area contributed by atoms with Crippen LogP contribution in [0.4, 0.5) is 8.78 Å². The highest BCUT2D eigenvalue weighted by Gasteiger charge is 2.25. The summed E-state index contributed by atoms with van der Waals surface area (Å²) in [5.41, 5.74) is 0.905. The Balaban J connectivity index is 1.95. The molecule has 1 heterocycles. The number of halogens is 2. The van der Waals surface area contributed by atoms with Gasteiger partial charge in [-0.25, -0.2) is 13.6 Å². The maximum atomic E-state index is 13.2. The largest absolute Gasteiger partial charge is 0.489 e. The van der Waals surface area contributed by atoms with Crippen molar-refractivity contribution < 1.29 is 23.0 Å². The molecular weight excluding hydrogens is 334 g/mol. The van der Waals surface area contributed by atoms with Crippen LogP contribution < -0.4 is 4.74 Å². The monoisotopic (exact) mass is 348 g/mol. The number of carbonyl (C=O) groups is 1. The van der Waals surface area contributed by atoms with Crippen molar-refractivity contribution in [1.29, 1.82) is 0 Å². The summed E-state index contributed by atoms with van der Waals surface area (Å²) in [6, 6.07) is 14.6. The van der Waals surface area contributed by atoms with E-state index in [0.29, 0.717) is 22.4 Å². The molecule has 2 aromatic carbocycles. The molecule has 0 saturated heterocycles. The first-order valence-electron chi connectivity index (χ1n) is 7.19. The normalized spacial score (nSPS) is 11.0. The van der Waals surface area contributed by atoms with E-state index in [0.717, 1.165) is 16.9 Å². The van der Waals surface area contributed by atoms with E-state index in [1.807, 2.05) is 30.3 Å². The number of ether oxygens (including phenoxy) is 2. The first-order valence-corrected chi connectivity index (χ1v) is 8.01. The van der Waals surface area contributed by atoms with E-state index in [-0.39, 0.29) is 10.4 Å². The number of benzene rings is 2. The number of alkyl halides is 2. The lowest BCUT2D eigenvalue weighted by Crippen LogP contribution is -2.03. The maximum absolute atomic E-state index is 13.2. The summed E-state index contributed by atoms with van der Waals surface area (Å²) in [5, 5.41) is 0.424. The number of hydrogen-bond donors (Lipinski definition) is 0. The second kappa shape index (κ2) is 6.97. The summed E-state index contributed by atoms with van der Waals surface area (Å²) in [5.74, 6) is -0.258. The molecule has 1 aromatic heterocycles. The lowest BCUT2D eigenvalue weighted by molar-refractivity contribution is 0.0594. The number of thiophene rings is 1. The molecule has 0 amide bonds. The van der Waals surface area contributed by atoms with Gasteiger partial charge >= 0.3 is 5.97 Å². The summed E-state index contributed by atoms with van der Waals surface area (Å²) in [4.78, 5) is 11.6. The molecular formula is C18H14F2O3S. The van der Waals surface area contributed by atoms with Crippen LogP contribution in [-0.2, 0) is 11.3 Å². The highest BCUT2D eigenvalue weighted by atomic mass is 32.1. The van der Waals surface area contributed by atoms with Gasteiger partial charge in [0, 0.05) is 10.1 Å². The Morgan fingerprint density at radius 3 is 2.58 bits per heavy atom. The van der Waals surface area contributed by atoms with Gasteiger partial charge in [-0.05, 0) is 23.8 Å². The molecule has 6 heteroatoms. The van der Waals surface area contributed by atoms with Crippen molar-refractivity contribution in [2.75, 3.05) is 7.11 Å². The zero-order chi connectivity index (χ0) is 17.1. The van der Waals surface area contributed by atoms with Crippen LogP contribution >= 0.6 is 11.3 Å². The molecule has 3 aromatic rings. The summed E-state index contributed by atoms with van der Waals surface area (Å²) in [6.07, 6.45) is -2.73. The van der Waals surface area contributed by atoms with Gasteiger partial charge in [-0.1, -0.05) is 30.3 Å². The number of rotatable bonds is 5. The second-order valence-corrected chi connectivity index (χ2v) is 6.15. The maximum Gasteiger partial charge on any atom is 0.339 e. The Bertz CT molecular complexity index is 859. The van der Waals surface area contributed by atoms with Crippen molar-refractivity contribution in [1.82, 2.24) is 0 Å². The molecule has 24 heavy (non-hydrogen) atoms. The van der Waals surface area contributed by atoms with Gasteiger partial charge in [-0.15, -0.1) is 11.3 Å². The van der Waals surface area contributed by atoms with Crippen molar-refractivity contribution in [3.05, 3.63) is 64.5 Å². The van der Waals surface area contributed by atoms with Crippen LogP contribution in [0.15, 0.2) is 48.5 Å². The predicted octanol–water partition coefficient (Wildman–Crippen LogP) is 5.20. The molecule has 0 bridgehead atoms. The number of methoxy groups -OCH3 is 1. The third-order valence-electron chi connectivity index (χ3n) is 3.52. The Morgan fingerprint density at radius 1 is 1.17 bits per heavy atom. The average Bonchev–Trinajstić information content (AvgIpc) is 2.99. The van der Waals surface area contributed by atoms with Crippen molar-refractivity contribution in [2.24, 2.45) is 0 Å². The van der Waals surface area contributed by atoms with E-state index in [2.05, 4.69) is 4.74 Å². The number of hydrogen-bond acceptors (Lipinski definition) is 4. The predicted molar refractivity (Wildman–Crippen MR) is 88.9 cm³/mol. The zero-order valence-electron chi connectivity index (χ0n) is 12.8.